The zero-order valence-electron chi connectivity index (χ0n) is 6.20. The van der Waals surface area contributed by atoms with Crippen molar-refractivity contribution >= 4 is 54.5 Å². The summed E-state index contributed by atoms with van der Waals surface area (Å²) in [6, 6.07) is 0. The molecule has 0 fully saturated rings. The largest absolute Gasteiger partial charge is 0.573 e. The first-order chi connectivity index (χ1) is 6.31. The highest BCUT2D eigenvalue weighted by molar-refractivity contribution is 14.1. The van der Waals surface area contributed by atoms with Gasteiger partial charge in [0.2, 0.25) is 0 Å². The predicted molar refractivity (Wildman–Crippen MR) is 59.0 cm³/mol. The van der Waals surface area contributed by atoms with E-state index in [2.05, 4.69) is 41.6 Å². The molecule has 0 aliphatic heterocycles. The maximum Gasteiger partial charge on any atom is 0.573 e. The Morgan fingerprint density at radius 1 is 1.36 bits per heavy atom. The summed E-state index contributed by atoms with van der Waals surface area (Å²) in [7, 11) is 0. The number of hydrogen-bond donors (Lipinski definition) is 0. The van der Waals surface area contributed by atoms with E-state index in [1.165, 1.54) is 6.20 Å². The first kappa shape index (κ1) is 12.5. The van der Waals surface area contributed by atoms with Crippen LogP contribution >= 0.6 is 54.5 Å². The van der Waals surface area contributed by atoms with Crippen LogP contribution in [0.4, 0.5) is 13.2 Å². The lowest BCUT2D eigenvalue weighted by atomic mass is 10.4. The van der Waals surface area contributed by atoms with Crippen LogP contribution in [0.2, 0.25) is 0 Å². The molecule has 78 valence electrons. The summed E-state index contributed by atoms with van der Waals surface area (Å²) in [5.74, 6) is -0.322. The highest BCUT2D eigenvalue weighted by Crippen LogP contribution is 2.38. The molecule has 0 amide bonds. The van der Waals surface area contributed by atoms with Gasteiger partial charge in [-0.15, -0.1) is 13.2 Å². The molecule has 14 heavy (non-hydrogen) atoms. The molecule has 0 aromatic carbocycles. The Bertz CT molecular complexity index is 358. The molecular formula is C6HBr2F3INO. The SMILES string of the molecule is FC(F)(F)Oc1c(Br)cnc(I)c1Br. The van der Waals surface area contributed by atoms with Crippen LogP contribution in [0.3, 0.4) is 0 Å². The lowest BCUT2D eigenvalue weighted by Gasteiger charge is -2.12. The van der Waals surface area contributed by atoms with Gasteiger partial charge in [0.05, 0.1) is 8.95 Å². The average Bonchev–Trinajstić information content (AvgIpc) is 2.04. The highest BCUT2D eigenvalue weighted by Gasteiger charge is 2.33. The Morgan fingerprint density at radius 2 is 1.93 bits per heavy atom. The lowest BCUT2D eigenvalue weighted by Crippen LogP contribution is -2.18. The standard InChI is InChI=1S/C6HBr2F3INO/c7-2-1-13-5(12)3(8)4(2)14-6(9,10)11/h1H. The van der Waals surface area contributed by atoms with Crippen LogP contribution < -0.4 is 4.74 Å². The maximum absolute atomic E-state index is 11.9. The van der Waals surface area contributed by atoms with Crippen molar-refractivity contribution in [3.63, 3.8) is 0 Å². The van der Waals surface area contributed by atoms with E-state index in [1.807, 2.05) is 0 Å². The number of rotatable bonds is 1. The summed E-state index contributed by atoms with van der Waals surface area (Å²) in [6.45, 7) is 0. The van der Waals surface area contributed by atoms with Gasteiger partial charge in [0.25, 0.3) is 0 Å². The summed E-state index contributed by atoms with van der Waals surface area (Å²) < 4.78 is 40.3. The summed E-state index contributed by atoms with van der Waals surface area (Å²) >= 11 is 7.66. The van der Waals surface area contributed by atoms with Crippen molar-refractivity contribution in [1.29, 1.82) is 0 Å². The predicted octanol–water partition coefficient (Wildman–Crippen LogP) is 4.11. The molecule has 0 N–H and O–H groups in total. The van der Waals surface area contributed by atoms with Gasteiger partial charge in [-0.3, -0.25) is 0 Å². The Labute approximate surface area is 108 Å². The van der Waals surface area contributed by atoms with Crippen LogP contribution in [0.15, 0.2) is 15.1 Å². The Balaban J connectivity index is 3.13. The quantitative estimate of drug-likeness (QED) is 0.478. The molecule has 0 saturated carbocycles. The van der Waals surface area contributed by atoms with Gasteiger partial charge in [0, 0.05) is 6.20 Å². The molecule has 0 bridgehead atoms. The molecule has 0 aliphatic rings. The van der Waals surface area contributed by atoms with Gasteiger partial charge in [0.1, 0.15) is 3.70 Å². The van der Waals surface area contributed by atoms with E-state index in [0.29, 0.717) is 3.70 Å². The molecular weight excluding hydrogens is 446 g/mol. The fourth-order valence-electron chi connectivity index (χ4n) is 0.636. The second-order valence-electron chi connectivity index (χ2n) is 2.09. The monoisotopic (exact) mass is 445 g/mol. The van der Waals surface area contributed by atoms with Crippen molar-refractivity contribution in [2.45, 2.75) is 6.36 Å². The lowest BCUT2D eigenvalue weighted by molar-refractivity contribution is -0.275. The van der Waals surface area contributed by atoms with Gasteiger partial charge >= 0.3 is 6.36 Å². The first-order valence-electron chi connectivity index (χ1n) is 3.06. The zero-order chi connectivity index (χ0) is 10.9. The number of hydrogen-bond acceptors (Lipinski definition) is 2. The van der Waals surface area contributed by atoms with Gasteiger partial charge in [0.15, 0.2) is 5.75 Å². The third-order valence-electron chi connectivity index (χ3n) is 1.11. The van der Waals surface area contributed by atoms with E-state index in [1.54, 1.807) is 22.6 Å². The van der Waals surface area contributed by atoms with Crippen LogP contribution in [0.25, 0.3) is 0 Å². The molecule has 2 nitrogen and oxygen atoms in total. The van der Waals surface area contributed by atoms with E-state index >= 15 is 0 Å². The first-order valence-corrected chi connectivity index (χ1v) is 5.73. The van der Waals surface area contributed by atoms with Gasteiger partial charge in [-0.05, 0) is 54.5 Å². The molecule has 0 unspecified atom stereocenters. The van der Waals surface area contributed by atoms with E-state index in [9.17, 15) is 13.2 Å². The number of ether oxygens (including phenoxy) is 1. The van der Waals surface area contributed by atoms with Crippen molar-refractivity contribution in [1.82, 2.24) is 4.98 Å². The van der Waals surface area contributed by atoms with E-state index in [4.69, 9.17) is 0 Å². The van der Waals surface area contributed by atoms with Crippen LogP contribution in [-0.4, -0.2) is 11.3 Å². The second-order valence-corrected chi connectivity index (χ2v) is 4.76. The molecule has 0 radical (unpaired) electrons. The molecule has 0 spiro atoms. The molecule has 1 heterocycles. The van der Waals surface area contributed by atoms with Crippen molar-refractivity contribution in [2.75, 3.05) is 0 Å². The molecule has 0 saturated heterocycles. The van der Waals surface area contributed by atoms with Gasteiger partial charge in [-0.1, -0.05) is 0 Å². The van der Waals surface area contributed by atoms with Crippen molar-refractivity contribution in [2.24, 2.45) is 0 Å². The van der Waals surface area contributed by atoms with Crippen molar-refractivity contribution in [3.8, 4) is 5.75 Å². The van der Waals surface area contributed by atoms with Gasteiger partial charge < -0.3 is 4.74 Å². The third kappa shape index (κ3) is 3.23. The molecule has 1 aromatic heterocycles. The average molecular weight is 447 g/mol. The van der Waals surface area contributed by atoms with Crippen LogP contribution in [0.5, 0.6) is 5.75 Å². The highest BCUT2D eigenvalue weighted by atomic mass is 127. The summed E-state index contributed by atoms with van der Waals surface area (Å²) in [5, 5.41) is 0. The molecule has 8 heteroatoms. The fraction of sp³-hybridized carbons (Fsp3) is 0.167. The van der Waals surface area contributed by atoms with Gasteiger partial charge in [-0.25, -0.2) is 4.98 Å². The number of alkyl halides is 3. The summed E-state index contributed by atoms with van der Waals surface area (Å²) in [6.07, 6.45) is -3.47. The Kier molecular flexibility index (Phi) is 4.03. The van der Waals surface area contributed by atoms with Crippen molar-refractivity contribution < 1.29 is 17.9 Å². The van der Waals surface area contributed by atoms with E-state index in [-0.39, 0.29) is 14.7 Å². The summed E-state index contributed by atoms with van der Waals surface area (Å²) in [4.78, 5) is 3.81. The minimum atomic E-state index is -4.71. The molecule has 1 aromatic rings. The van der Waals surface area contributed by atoms with Crippen molar-refractivity contribution in [3.05, 3.63) is 18.8 Å². The zero-order valence-corrected chi connectivity index (χ0v) is 11.5. The topological polar surface area (TPSA) is 22.1 Å². The molecule has 0 atom stereocenters. The fourth-order valence-corrected chi connectivity index (χ4v) is 2.07. The third-order valence-corrected chi connectivity index (χ3v) is 3.97. The van der Waals surface area contributed by atoms with Gasteiger partial charge in [-0.2, -0.15) is 0 Å². The number of halogens is 6. The normalized spacial score (nSPS) is 11.6. The van der Waals surface area contributed by atoms with E-state index in [0.717, 1.165) is 0 Å². The van der Waals surface area contributed by atoms with E-state index < -0.39 is 6.36 Å². The smallest absolute Gasteiger partial charge is 0.403 e. The number of aromatic nitrogens is 1. The number of nitrogens with zero attached hydrogens (tertiary/aromatic N) is 1. The minimum absolute atomic E-state index is 0.141. The maximum atomic E-state index is 11.9. The number of pyridine rings is 1. The minimum Gasteiger partial charge on any atom is -0.403 e. The Morgan fingerprint density at radius 3 is 2.43 bits per heavy atom. The van der Waals surface area contributed by atoms with Crippen LogP contribution in [0, 0.1) is 3.70 Å². The molecule has 0 aliphatic carbocycles. The second kappa shape index (κ2) is 4.52. The Hall–Kier alpha value is 0.430. The molecule has 1 rings (SSSR count). The van der Waals surface area contributed by atoms with Crippen LogP contribution in [-0.2, 0) is 0 Å². The van der Waals surface area contributed by atoms with Crippen LogP contribution in [0.1, 0.15) is 0 Å². The summed E-state index contributed by atoms with van der Waals surface area (Å²) in [5.41, 5.74) is 0.